The summed E-state index contributed by atoms with van der Waals surface area (Å²) in [6.07, 6.45) is 7.57. The van der Waals surface area contributed by atoms with E-state index in [1.165, 1.54) is 24.0 Å². The molecule has 1 aliphatic rings. The van der Waals surface area contributed by atoms with E-state index in [-0.39, 0.29) is 0 Å². The number of benzene rings is 1. The van der Waals surface area contributed by atoms with Crippen molar-refractivity contribution in [3.05, 3.63) is 35.4 Å². The van der Waals surface area contributed by atoms with Gasteiger partial charge in [-0.3, -0.25) is 5.32 Å². The Morgan fingerprint density at radius 1 is 1.50 bits per heavy atom. The average molecular weight is 267 g/mol. The molecule has 1 aliphatic carbocycles. The summed E-state index contributed by atoms with van der Waals surface area (Å²) in [6.45, 7) is 0.666. The van der Waals surface area contributed by atoms with E-state index in [1.54, 1.807) is 0 Å². The van der Waals surface area contributed by atoms with E-state index in [1.807, 2.05) is 0 Å². The molecule has 1 atom stereocenters. The minimum absolute atomic E-state index is 0.479. The van der Waals surface area contributed by atoms with Gasteiger partial charge in [0.15, 0.2) is 0 Å². The Kier molecular flexibility index (Phi) is 5.54. The lowest BCUT2D eigenvalue weighted by Crippen LogP contribution is -2.19. The normalized spacial score (nSPS) is 17.3. The summed E-state index contributed by atoms with van der Waals surface area (Å²) < 4.78 is 8.66. The Morgan fingerprint density at radius 3 is 2.72 bits per heavy atom. The van der Waals surface area contributed by atoms with E-state index in [9.17, 15) is 0 Å². The summed E-state index contributed by atoms with van der Waals surface area (Å²) in [5.41, 5.74) is 2.90. The van der Waals surface area contributed by atoms with Gasteiger partial charge in [0.25, 0.3) is 0 Å². The molecule has 0 radical (unpaired) electrons. The largest absolute Gasteiger partial charge is 0.790 e. The first-order valence-electron chi connectivity index (χ1n) is 5.41. The summed E-state index contributed by atoms with van der Waals surface area (Å²) in [5.74, 6) is 2.61. The fourth-order valence-corrected chi connectivity index (χ4v) is 1.95. The van der Waals surface area contributed by atoms with Crippen molar-refractivity contribution in [2.75, 3.05) is 6.54 Å². The van der Waals surface area contributed by atoms with E-state index in [4.69, 9.17) is 25.7 Å². The Bertz CT molecular complexity index is 469. The van der Waals surface area contributed by atoms with Crippen molar-refractivity contribution in [2.45, 2.75) is 18.9 Å². The van der Waals surface area contributed by atoms with Crippen LogP contribution in [0.2, 0.25) is 0 Å². The maximum absolute atomic E-state index is 8.66. The predicted octanol–water partition coefficient (Wildman–Crippen LogP) is -0.296. The zero-order chi connectivity index (χ0) is 13.6. The molecular weight excluding hydrogens is 253 g/mol. The van der Waals surface area contributed by atoms with Crippen molar-refractivity contribution in [2.24, 2.45) is 0 Å². The van der Waals surface area contributed by atoms with Gasteiger partial charge in [0.2, 0.25) is 0 Å². The van der Waals surface area contributed by atoms with Gasteiger partial charge in [0, 0.05) is 6.04 Å². The molecule has 0 fully saturated rings. The molecule has 0 bridgehead atoms. The van der Waals surface area contributed by atoms with Crippen LogP contribution in [-0.4, -0.2) is 11.4 Å². The van der Waals surface area contributed by atoms with E-state index in [2.05, 4.69) is 35.5 Å². The molecule has 0 saturated heterocycles. The molecule has 0 spiro atoms. The van der Waals surface area contributed by atoms with Crippen LogP contribution in [0, 0.1) is 12.3 Å². The Labute approximate surface area is 106 Å². The van der Waals surface area contributed by atoms with Gasteiger partial charge < -0.3 is 19.2 Å². The second-order valence-electron chi connectivity index (χ2n) is 3.84. The fraction of sp³-hybridized carbons (Fsp3) is 0.333. The van der Waals surface area contributed by atoms with Crippen molar-refractivity contribution in [3.63, 3.8) is 0 Å². The van der Waals surface area contributed by atoms with E-state index in [0.717, 1.165) is 0 Å². The fourth-order valence-electron chi connectivity index (χ4n) is 1.95. The smallest absolute Gasteiger partial charge is 0.0578 e. The van der Waals surface area contributed by atoms with Crippen LogP contribution >= 0.6 is 7.82 Å². The molecule has 2 rings (SSSR count). The maximum Gasteiger partial charge on any atom is 0.0578 e. The van der Waals surface area contributed by atoms with Crippen LogP contribution in [-0.2, 0) is 11.0 Å². The van der Waals surface area contributed by atoms with Gasteiger partial charge >= 0.3 is 0 Å². The first-order valence-corrected chi connectivity index (χ1v) is 6.91. The lowest BCUT2D eigenvalue weighted by atomic mass is 10.1. The molecule has 1 aromatic rings. The molecule has 6 heteroatoms. The second kappa shape index (κ2) is 6.69. The van der Waals surface area contributed by atoms with Gasteiger partial charge in [-0.2, -0.15) is 0 Å². The van der Waals surface area contributed by atoms with Crippen LogP contribution in [0.25, 0.3) is 0 Å². The number of nitrogens with one attached hydrogen (secondary N) is 1. The number of phosphoric acid groups is 1. The maximum atomic E-state index is 8.66. The highest BCUT2D eigenvalue weighted by Gasteiger charge is 2.20. The number of hydrogen-bond acceptors (Lipinski definition) is 4. The molecule has 98 valence electrons. The summed E-state index contributed by atoms with van der Waals surface area (Å²) >= 11 is 0. The highest BCUT2D eigenvalue weighted by atomic mass is 31.2. The van der Waals surface area contributed by atoms with E-state index < -0.39 is 7.82 Å². The first-order chi connectivity index (χ1) is 8.42. The summed E-state index contributed by atoms with van der Waals surface area (Å²) in [7, 11) is -5.14. The average Bonchev–Trinajstić information content (AvgIpc) is 2.67. The Balaban J connectivity index is 0.000000280. The van der Waals surface area contributed by atoms with Crippen LogP contribution in [0.4, 0.5) is 0 Å². The highest BCUT2D eigenvalue weighted by molar-refractivity contribution is 7.42. The molecule has 0 heterocycles. The standard InChI is InChI=1S/C12H13N.H3O4P/c1-2-9-13-12-8-7-10-5-3-4-6-11(10)12;1-5(2,3)4/h1,3-6,12-13H,7-9H2;(H3,1,2,3,4)/p-2/t12-;/m1./s1. The van der Waals surface area contributed by atoms with Gasteiger partial charge in [-0.05, 0) is 24.0 Å². The van der Waals surface area contributed by atoms with Crippen molar-refractivity contribution < 1.29 is 19.2 Å². The van der Waals surface area contributed by atoms with Crippen LogP contribution in [0.1, 0.15) is 23.6 Å². The number of aryl methyl sites for hydroxylation is 1. The van der Waals surface area contributed by atoms with E-state index in [0.29, 0.717) is 12.6 Å². The minimum Gasteiger partial charge on any atom is -0.790 e. The Morgan fingerprint density at radius 2 is 2.11 bits per heavy atom. The number of terminal acetylenes is 1. The third-order valence-electron chi connectivity index (χ3n) is 2.58. The lowest BCUT2D eigenvalue weighted by Gasteiger charge is -2.19. The minimum atomic E-state index is -5.14. The first kappa shape index (κ1) is 14.9. The third-order valence-corrected chi connectivity index (χ3v) is 2.58. The van der Waals surface area contributed by atoms with Crippen molar-refractivity contribution in [1.82, 2.24) is 5.32 Å². The van der Waals surface area contributed by atoms with Crippen molar-refractivity contribution >= 4 is 7.82 Å². The second-order valence-corrected chi connectivity index (χ2v) is 4.78. The third kappa shape index (κ3) is 5.46. The number of fused-ring (bicyclic) bond motifs is 1. The number of hydrogen-bond donors (Lipinski definition) is 2. The summed E-state index contributed by atoms with van der Waals surface area (Å²) in [6, 6.07) is 9.06. The van der Waals surface area contributed by atoms with Crippen LogP contribution in [0.3, 0.4) is 0 Å². The molecule has 0 aromatic heterocycles. The molecule has 18 heavy (non-hydrogen) atoms. The quantitative estimate of drug-likeness (QED) is 0.567. The van der Waals surface area contributed by atoms with Gasteiger partial charge in [-0.1, -0.05) is 30.2 Å². The molecule has 1 aromatic carbocycles. The van der Waals surface area contributed by atoms with Crippen LogP contribution < -0.4 is 15.1 Å². The molecule has 5 nitrogen and oxygen atoms in total. The van der Waals surface area contributed by atoms with Crippen molar-refractivity contribution in [3.8, 4) is 12.3 Å². The molecular formula is C12H14NO4P-2. The topological polar surface area (TPSA) is 95.5 Å². The summed E-state index contributed by atoms with van der Waals surface area (Å²) in [4.78, 5) is 24.3. The van der Waals surface area contributed by atoms with E-state index >= 15 is 0 Å². The number of rotatable bonds is 2. The summed E-state index contributed by atoms with van der Waals surface area (Å²) in [5, 5.41) is 3.35. The van der Waals surface area contributed by atoms with Gasteiger partial charge in [0.1, 0.15) is 0 Å². The van der Waals surface area contributed by atoms with Crippen molar-refractivity contribution in [1.29, 1.82) is 0 Å². The molecule has 0 amide bonds. The SMILES string of the molecule is C#CCN[C@@H]1CCc2ccccc21.O=P([O-])([O-])O. The molecule has 0 unspecified atom stereocenters. The van der Waals surface area contributed by atoms with Gasteiger partial charge in [-0.15, -0.1) is 6.42 Å². The van der Waals surface area contributed by atoms with Gasteiger partial charge in [0.05, 0.1) is 14.4 Å². The zero-order valence-electron chi connectivity index (χ0n) is 9.70. The van der Waals surface area contributed by atoms with Crippen LogP contribution in [0.5, 0.6) is 0 Å². The monoisotopic (exact) mass is 267 g/mol. The molecule has 0 saturated carbocycles. The zero-order valence-corrected chi connectivity index (χ0v) is 10.6. The molecule has 2 N–H and O–H groups in total. The molecule has 0 aliphatic heterocycles. The van der Waals surface area contributed by atoms with Crippen LogP contribution in [0.15, 0.2) is 24.3 Å². The predicted molar refractivity (Wildman–Crippen MR) is 64.2 cm³/mol. The lowest BCUT2D eigenvalue weighted by molar-refractivity contribution is -0.337. The highest BCUT2D eigenvalue weighted by Crippen LogP contribution is 2.30. The van der Waals surface area contributed by atoms with Gasteiger partial charge in [-0.25, -0.2) is 0 Å². The Hall–Kier alpha value is -1.15.